The highest BCUT2D eigenvalue weighted by Gasteiger charge is 1.83. The molecule has 0 aromatic carbocycles. The predicted molar refractivity (Wildman–Crippen MR) is 45.5 cm³/mol. The molecule has 0 heterocycles. The minimum atomic E-state index is 1.24. The SMILES string of the molecule is CCCCSSCC. The van der Waals surface area contributed by atoms with Crippen LogP contribution in [0.4, 0.5) is 0 Å². The second-order valence-electron chi connectivity index (χ2n) is 1.58. The van der Waals surface area contributed by atoms with Gasteiger partial charge in [-0.25, -0.2) is 0 Å². The van der Waals surface area contributed by atoms with E-state index >= 15 is 0 Å². The quantitative estimate of drug-likeness (QED) is 0.436. The number of hydrogen-bond acceptors (Lipinski definition) is 2. The van der Waals surface area contributed by atoms with E-state index in [4.69, 9.17) is 0 Å². The Labute approximate surface area is 60.2 Å². The van der Waals surface area contributed by atoms with Crippen LogP contribution in [-0.4, -0.2) is 11.5 Å². The van der Waals surface area contributed by atoms with E-state index in [0.717, 1.165) is 0 Å². The van der Waals surface area contributed by atoms with Gasteiger partial charge < -0.3 is 0 Å². The average molecular weight is 150 g/mol. The summed E-state index contributed by atoms with van der Waals surface area (Å²) in [5.41, 5.74) is 0. The molecular weight excluding hydrogens is 136 g/mol. The molecule has 0 bridgehead atoms. The lowest BCUT2D eigenvalue weighted by Gasteiger charge is -1.93. The first kappa shape index (κ1) is 8.70. The molecule has 0 fully saturated rings. The van der Waals surface area contributed by atoms with Crippen LogP contribution >= 0.6 is 21.6 Å². The minimum Gasteiger partial charge on any atom is -0.0944 e. The largest absolute Gasteiger partial charge is 0.0944 e. The van der Waals surface area contributed by atoms with E-state index < -0.39 is 0 Å². The third-order valence-corrected chi connectivity index (χ3v) is 3.35. The van der Waals surface area contributed by atoms with Gasteiger partial charge in [0, 0.05) is 11.5 Å². The first-order chi connectivity index (χ1) is 3.91. The van der Waals surface area contributed by atoms with Crippen LogP contribution in [0.2, 0.25) is 0 Å². The Kier molecular flexibility index (Phi) is 8.37. The summed E-state index contributed by atoms with van der Waals surface area (Å²) in [5.74, 6) is 2.57. The first-order valence-corrected chi connectivity index (χ1v) is 5.65. The summed E-state index contributed by atoms with van der Waals surface area (Å²) < 4.78 is 0. The Bertz CT molecular complexity index is 31.5. The van der Waals surface area contributed by atoms with Crippen molar-refractivity contribution in [1.82, 2.24) is 0 Å². The van der Waals surface area contributed by atoms with E-state index in [0.29, 0.717) is 0 Å². The zero-order valence-electron chi connectivity index (χ0n) is 5.64. The Balaban J connectivity index is 2.53. The third-order valence-electron chi connectivity index (χ3n) is 0.782. The second-order valence-corrected chi connectivity index (χ2v) is 4.45. The molecule has 0 radical (unpaired) electrons. The molecule has 8 heavy (non-hydrogen) atoms. The monoisotopic (exact) mass is 150 g/mol. The molecule has 0 aliphatic carbocycles. The van der Waals surface area contributed by atoms with Gasteiger partial charge in [-0.3, -0.25) is 0 Å². The van der Waals surface area contributed by atoms with Crippen molar-refractivity contribution >= 4 is 21.6 Å². The van der Waals surface area contributed by atoms with Crippen LogP contribution in [0, 0.1) is 0 Å². The van der Waals surface area contributed by atoms with Crippen LogP contribution in [0.1, 0.15) is 26.7 Å². The Morgan fingerprint density at radius 2 is 1.88 bits per heavy atom. The highest BCUT2D eigenvalue weighted by molar-refractivity contribution is 8.76. The lowest BCUT2D eigenvalue weighted by molar-refractivity contribution is 0.898. The number of unbranched alkanes of at least 4 members (excludes halogenated alkanes) is 1. The summed E-state index contributed by atoms with van der Waals surface area (Å²) in [5, 5.41) is 0. The molecule has 0 aromatic heterocycles. The number of rotatable bonds is 5. The van der Waals surface area contributed by atoms with Crippen LogP contribution in [0.5, 0.6) is 0 Å². The maximum absolute atomic E-state index is 2.23. The molecule has 0 saturated heterocycles. The highest BCUT2D eigenvalue weighted by atomic mass is 33.1. The standard InChI is InChI=1S/C6H14S2/c1-3-5-6-8-7-4-2/h3-6H2,1-2H3. The molecule has 0 N–H and O–H groups in total. The van der Waals surface area contributed by atoms with Crippen molar-refractivity contribution in [2.24, 2.45) is 0 Å². The molecule has 0 aliphatic heterocycles. The fourth-order valence-corrected chi connectivity index (χ4v) is 2.24. The Morgan fingerprint density at radius 3 is 2.38 bits per heavy atom. The summed E-state index contributed by atoms with van der Waals surface area (Å²) in [4.78, 5) is 0. The summed E-state index contributed by atoms with van der Waals surface area (Å²) in [6.45, 7) is 4.43. The number of hydrogen-bond donors (Lipinski definition) is 0. The lowest BCUT2D eigenvalue weighted by Crippen LogP contribution is -1.72. The van der Waals surface area contributed by atoms with Crippen LogP contribution in [0.15, 0.2) is 0 Å². The van der Waals surface area contributed by atoms with Gasteiger partial charge in [-0.05, 0) is 6.42 Å². The Hall–Kier alpha value is 0.700. The topological polar surface area (TPSA) is 0 Å². The van der Waals surface area contributed by atoms with E-state index in [-0.39, 0.29) is 0 Å². The van der Waals surface area contributed by atoms with Crippen molar-refractivity contribution in [1.29, 1.82) is 0 Å². The summed E-state index contributed by atoms with van der Waals surface area (Å²) in [6, 6.07) is 0. The fourth-order valence-electron chi connectivity index (χ4n) is 0.346. The van der Waals surface area contributed by atoms with Crippen molar-refractivity contribution < 1.29 is 0 Å². The predicted octanol–water partition coefficient (Wildman–Crippen LogP) is 3.19. The molecule has 0 saturated carbocycles. The minimum absolute atomic E-state index is 1.24. The van der Waals surface area contributed by atoms with Crippen LogP contribution in [0.25, 0.3) is 0 Å². The van der Waals surface area contributed by atoms with Crippen LogP contribution < -0.4 is 0 Å². The molecule has 0 nitrogen and oxygen atoms in total. The van der Waals surface area contributed by atoms with E-state index in [1.807, 2.05) is 21.6 Å². The van der Waals surface area contributed by atoms with Gasteiger partial charge in [-0.2, -0.15) is 0 Å². The average Bonchev–Trinajstić information content (AvgIpc) is 1.81. The van der Waals surface area contributed by atoms with Gasteiger partial charge in [-0.15, -0.1) is 0 Å². The molecule has 0 unspecified atom stereocenters. The second kappa shape index (κ2) is 7.70. The highest BCUT2D eigenvalue weighted by Crippen LogP contribution is 2.21. The molecule has 0 spiro atoms. The van der Waals surface area contributed by atoms with Crippen LogP contribution in [-0.2, 0) is 0 Å². The molecule has 0 aromatic rings. The van der Waals surface area contributed by atoms with Crippen molar-refractivity contribution in [3.8, 4) is 0 Å². The van der Waals surface area contributed by atoms with Gasteiger partial charge in [-0.1, -0.05) is 41.9 Å². The summed E-state index contributed by atoms with van der Waals surface area (Å²) in [7, 11) is 3.96. The fraction of sp³-hybridized carbons (Fsp3) is 1.00. The van der Waals surface area contributed by atoms with Gasteiger partial charge in [0.25, 0.3) is 0 Å². The van der Waals surface area contributed by atoms with Crippen molar-refractivity contribution in [2.45, 2.75) is 26.7 Å². The van der Waals surface area contributed by atoms with Gasteiger partial charge in [0.1, 0.15) is 0 Å². The van der Waals surface area contributed by atoms with Gasteiger partial charge in [0.05, 0.1) is 0 Å². The van der Waals surface area contributed by atoms with Gasteiger partial charge >= 0.3 is 0 Å². The first-order valence-electron chi connectivity index (χ1n) is 3.16. The Morgan fingerprint density at radius 1 is 1.12 bits per heavy atom. The molecule has 50 valence electrons. The molecule has 0 amide bonds. The van der Waals surface area contributed by atoms with Crippen LogP contribution in [0.3, 0.4) is 0 Å². The maximum Gasteiger partial charge on any atom is 0.00368 e. The van der Waals surface area contributed by atoms with E-state index in [9.17, 15) is 0 Å². The molecule has 0 rings (SSSR count). The molecule has 2 heteroatoms. The van der Waals surface area contributed by atoms with Gasteiger partial charge in [0.15, 0.2) is 0 Å². The normalized spacial score (nSPS) is 9.75. The summed E-state index contributed by atoms with van der Waals surface area (Å²) in [6.07, 6.45) is 2.70. The van der Waals surface area contributed by atoms with Crippen molar-refractivity contribution in [3.63, 3.8) is 0 Å². The zero-order valence-corrected chi connectivity index (χ0v) is 7.28. The van der Waals surface area contributed by atoms with E-state index in [2.05, 4.69) is 13.8 Å². The molecule has 0 atom stereocenters. The maximum atomic E-state index is 2.23. The smallest absolute Gasteiger partial charge is 0.00368 e. The molecular formula is C6H14S2. The molecule has 0 aliphatic rings. The zero-order chi connectivity index (χ0) is 6.24. The lowest BCUT2D eigenvalue weighted by atomic mass is 10.4. The van der Waals surface area contributed by atoms with Crippen molar-refractivity contribution in [3.05, 3.63) is 0 Å². The summed E-state index contributed by atoms with van der Waals surface area (Å²) >= 11 is 0. The van der Waals surface area contributed by atoms with Crippen molar-refractivity contribution in [2.75, 3.05) is 11.5 Å². The van der Waals surface area contributed by atoms with E-state index in [1.165, 1.54) is 24.3 Å². The van der Waals surface area contributed by atoms with Gasteiger partial charge in [0.2, 0.25) is 0 Å². The third kappa shape index (κ3) is 6.70. The van der Waals surface area contributed by atoms with E-state index in [1.54, 1.807) is 0 Å².